The fourth-order valence-corrected chi connectivity index (χ4v) is 12.6. The summed E-state index contributed by atoms with van der Waals surface area (Å²) in [5.41, 5.74) is 0. The minimum atomic E-state index is 0.489. The SMILES string of the molecule is S=C(CC1CS1)CC(CC(=S)CC1CS1)[Se]C(CC(=S)CC1CS1)CC(=S)CC1CS1. The van der Waals surface area contributed by atoms with Gasteiger partial charge in [-0.3, -0.25) is 0 Å². The Kier molecular flexibility index (Phi) is 11.1. The molecule has 4 aliphatic rings. The molecule has 4 heterocycles. The molecular weight excluding hydrogens is 600 g/mol. The van der Waals surface area contributed by atoms with Crippen molar-refractivity contribution in [3.8, 4) is 0 Å². The third-order valence-electron chi connectivity index (χ3n) is 5.64. The Labute approximate surface area is 233 Å². The van der Waals surface area contributed by atoms with Crippen LogP contribution in [0.4, 0.5) is 0 Å². The summed E-state index contributed by atoms with van der Waals surface area (Å²) in [7, 11) is 0. The third kappa shape index (κ3) is 11.7. The molecule has 0 aromatic heterocycles. The maximum atomic E-state index is 5.85. The van der Waals surface area contributed by atoms with Crippen molar-refractivity contribution in [1.82, 2.24) is 0 Å². The van der Waals surface area contributed by atoms with E-state index in [0.717, 1.165) is 72.4 Å². The van der Waals surface area contributed by atoms with Crippen LogP contribution in [-0.4, -0.2) is 78.4 Å². The van der Waals surface area contributed by atoms with Gasteiger partial charge in [0, 0.05) is 0 Å². The molecular formula is C22H30S8Se. The molecule has 0 N–H and O–H groups in total. The molecule has 0 spiro atoms. The standard InChI is InChI=1S/C22H30S8Se/c23-13(1-17-9-27-17)5-21(6-14(24)2-18-10-28-18)31-22(7-15(25)3-19-11-29-19)8-16(26)4-20-12-30-20/h17-22H,1-12H2. The Balaban J connectivity index is 1.34. The summed E-state index contributed by atoms with van der Waals surface area (Å²) < 4.78 is 0. The quantitative estimate of drug-likeness (QED) is 0.0867. The summed E-state index contributed by atoms with van der Waals surface area (Å²) in [6, 6.07) is 0. The first kappa shape index (κ1) is 26.3. The summed E-state index contributed by atoms with van der Waals surface area (Å²) >= 11 is 32.1. The Morgan fingerprint density at radius 3 is 0.968 bits per heavy atom. The van der Waals surface area contributed by atoms with Gasteiger partial charge >= 0.3 is 235 Å². The van der Waals surface area contributed by atoms with E-state index in [9.17, 15) is 0 Å². The van der Waals surface area contributed by atoms with Crippen molar-refractivity contribution in [2.75, 3.05) is 23.0 Å². The van der Waals surface area contributed by atoms with Crippen molar-refractivity contribution in [3.63, 3.8) is 0 Å². The number of hydrogen-bond acceptors (Lipinski definition) is 8. The van der Waals surface area contributed by atoms with Crippen LogP contribution in [0.25, 0.3) is 0 Å². The van der Waals surface area contributed by atoms with E-state index in [2.05, 4.69) is 47.0 Å². The van der Waals surface area contributed by atoms with Gasteiger partial charge in [-0.2, -0.15) is 0 Å². The van der Waals surface area contributed by atoms with Crippen LogP contribution in [0.5, 0.6) is 0 Å². The van der Waals surface area contributed by atoms with E-state index < -0.39 is 0 Å². The molecule has 0 aliphatic carbocycles. The van der Waals surface area contributed by atoms with E-state index in [-0.39, 0.29) is 0 Å². The zero-order chi connectivity index (χ0) is 21.8. The van der Waals surface area contributed by atoms with Gasteiger partial charge in [-0.15, -0.1) is 0 Å². The van der Waals surface area contributed by atoms with E-state index in [1.807, 2.05) is 0 Å². The molecule has 4 unspecified atom stereocenters. The second-order valence-corrected chi connectivity index (χ2v) is 20.0. The van der Waals surface area contributed by atoms with Crippen LogP contribution in [0.1, 0.15) is 51.4 Å². The van der Waals surface area contributed by atoms with E-state index in [1.165, 1.54) is 42.5 Å². The summed E-state index contributed by atoms with van der Waals surface area (Å²) in [4.78, 5) is 6.44. The molecule has 0 radical (unpaired) electrons. The normalized spacial score (nSPS) is 29.7. The number of rotatable bonds is 18. The second kappa shape index (κ2) is 13.0. The van der Waals surface area contributed by atoms with Gasteiger partial charge in [0.1, 0.15) is 0 Å². The van der Waals surface area contributed by atoms with Crippen LogP contribution in [0, 0.1) is 0 Å². The van der Waals surface area contributed by atoms with Gasteiger partial charge in [-0.1, -0.05) is 0 Å². The molecule has 0 saturated carbocycles. The molecule has 4 aliphatic heterocycles. The second-order valence-electron chi connectivity index (χ2n) is 8.99. The zero-order valence-electron chi connectivity index (χ0n) is 17.6. The van der Waals surface area contributed by atoms with Gasteiger partial charge in [-0.05, 0) is 0 Å². The molecule has 9 heteroatoms. The first-order valence-electron chi connectivity index (χ1n) is 11.1. The Bertz CT molecular complexity index is 580. The molecule has 0 bridgehead atoms. The Morgan fingerprint density at radius 1 is 0.548 bits per heavy atom. The predicted octanol–water partition coefficient (Wildman–Crippen LogP) is 7.33. The van der Waals surface area contributed by atoms with Crippen LogP contribution < -0.4 is 0 Å². The molecule has 0 aromatic rings. The van der Waals surface area contributed by atoms with Gasteiger partial charge in [0.05, 0.1) is 0 Å². The van der Waals surface area contributed by atoms with Gasteiger partial charge in [0.15, 0.2) is 0 Å². The average molecular weight is 630 g/mol. The molecule has 4 saturated heterocycles. The van der Waals surface area contributed by atoms with Crippen molar-refractivity contribution in [2.45, 2.75) is 82.0 Å². The molecule has 4 atom stereocenters. The number of thiocarbonyl (C=S) groups is 4. The van der Waals surface area contributed by atoms with Crippen LogP contribution in [0.2, 0.25) is 9.63 Å². The first-order chi connectivity index (χ1) is 14.9. The Hall–Kier alpha value is 2.28. The molecule has 172 valence electrons. The van der Waals surface area contributed by atoms with Gasteiger partial charge in [-0.25, -0.2) is 0 Å². The number of thioether (sulfide) groups is 4. The topological polar surface area (TPSA) is 0 Å². The predicted molar refractivity (Wildman–Crippen MR) is 166 cm³/mol. The van der Waals surface area contributed by atoms with Crippen LogP contribution in [0.15, 0.2) is 0 Å². The monoisotopic (exact) mass is 630 g/mol. The van der Waals surface area contributed by atoms with E-state index in [1.54, 1.807) is 0 Å². The summed E-state index contributed by atoms with van der Waals surface area (Å²) in [5.74, 6) is 5.21. The van der Waals surface area contributed by atoms with Gasteiger partial charge in [0.2, 0.25) is 0 Å². The van der Waals surface area contributed by atoms with E-state index in [4.69, 9.17) is 48.9 Å². The van der Waals surface area contributed by atoms with Gasteiger partial charge in [0.25, 0.3) is 0 Å². The van der Waals surface area contributed by atoms with Crippen LogP contribution >= 0.6 is 95.9 Å². The molecule has 31 heavy (non-hydrogen) atoms. The fraction of sp³-hybridized carbons (Fsp3) is 0.818. The molecule has 4 fully saturated rings. The molecule has 4 rings (SSSR count). The third-order valence-corrected chi connectivity index (χ3v) is 13.9. The van der Waals surface area contributed by atoms with Crippen molar-refractivity contribution in [2.24, 2.45) is 0 Å². The summed E-state index contributed by atoms with van der Waals surface area (Å²) in [6.07, 6.45) is 8.92. The Morgan fingerprint density at radius 2 is 0.774 bits per heavy atom. The van der Waals surface area contributed by atoms with E-state index in [0.29, 0.717) is 24.6 Å². The van der Waals surface area contributed by atoms with Crippen molar-refractivity contribution >= 4 is 130 Å². The maximum absolute atomic E-state index is 5.85. The minimum absolute atomic E-state index is 0.489. The zero-order valence-corrected chi connectivity index (χ0v) is 25.9. The molecule has 0 nitrogen and oxygen atoms in total. The molecule has 0 amide bonds. The summed E-state index contributed by atoms with van der Waals surface area (Å²) in [6.45, 7) is 0. The fourth-order valence-electron chi connectivity index (χ4n) is 3.72. The van der Waals surface area contributed by atoms with Crippen LogP contribution in [0.3, 0.4) is 0 Å². The van der Waals surface area contributed by atoms with Crippen molar-refractivity contribution in [3.05, 3.63) is 0 Å². The summed E-state index contributed by atoms with van der Waals surface area (Å²) in [5, 5.41) is 3.22. The van der Waals surface area contributed by atoms with Crippen LogP contribution in [-0.2, 0) is 0 Å². The number of hydrogen-bond donors (Lipinski definition) is 0. The van der Waals surface area contributed by atoms with Gasteiger partial charge < -0.3 is 0 Å². The van der Waals surface area contributed by atoms with Crippen molar-refractivity contribution < 1.29 is 0 Å². The van der Waals surface area contributed by atoms with E-state index >= 15 is 0 Å². The molecule has 0 aromatic carbocycles. The van der Waals surface area contributed by atoms with Crippen molar-refractivity contribution in [1.29, 1.82) is 0 Å². The average Bonchev–Trinajstić information content (AvgIpc) is 3.47. The first-order valence-corrected chi connectivity index (χ1v) is 18.9.